The molecule has 0 saturated carbocycles. The molecular formula is C11H20N2O2. The summed E-state index contributed by atoms with van der Waals surface area (Å²) in [6.07, 6.45) is 0.982. The van der Waals surface area contributed by atoms with Gasteiger partial charge in [0.15, 0.2) is 0 Å². The molecule has 3 unspecified atom stereocenters. The second-order valence-corrected chi connectivity index (χ2v) is 4.67. The lowest BCUT2D eigenvalue weighted by Gasteiger charge is -2.40. The van der Waals surface area contributed by atoms with E-state index in [-0.39, 0.29) is 18.0 Å². The van der Waals surface area contributed by atoms with Gasteiger partial charge in [0.2, 0.25) is 5.91 Å². The van der Waals surface area contributed by atoms with Gasteiger partial charge < -0.3 is 15.0 Å². The van der Waals surface area contributed by atoms with E-state index in [9.17, 15) is 4.79 Å². The third-order valence-electron chi connectivity index (χ3n) is 3.33. The van der Waals surface area contributed by atoms with Crippen LogP contribution < -0.4 is 5.32 Å². The fourth-order valence-corrected chi connectivity index (χ4v) is 2.51. The number of amides is 1. The van der Waals surface area contributed by atoms with E-state index in [2.05, 4.69) is 19.2 Å². The predicted molar refractivity (Wildman–Crippen MR) is 57.6 cm³/mol. The average Bonchev–Trinajstić information content (AvgIpc) is 2.69. The molecule has 4 nitrogen and oxygen atoms in total. The number of morpholine rings is 1. The second kappa shape index (κ2) is 4.49. The Morgan fingerprint density at radius 2 is 2.00 bits per heavy atom. The number of carbonyl (C=O) groups is 1. The zero-order chi connectivity index (χ0) is 10.8. The molecule has 3 atom stereocenters. The van der Waals surface area contributed by atoms with Crippen LogP contribution in [0.4, 0.5) is 0 Å². The first-order chi connectivity index (χ1) is 7.20. The van der Waals surface area contributed by atoms with Gasteiger partial charge in [-0.15, -0.1) is 0 Å². The molecule has 2 rings (SSSR count). The molecule has 2 aliphatic heterocycles. The van der Waals surface area contributed by atoms with E-state index >= 15 is 0 Å². The molecule has 0 aromatic rings. The van der Waals surface area contributed by atoms with Gasteiger partial charge in [0.05, 0.1) is 31.2 Å². The maximum absolute atomic E-state index is 12.3. The van der Waals surface area contributed by atoms with Gasteiger partial charge in [0.25, 0.3) is 0 Å². The first kappa shape index (κ1) is 10.9. The van der Waals surface area contributed by atoms with Crippen LogP contribution in [0.2, 0.25) is 0 Å². The van der Waals surface area contributed by atoms with E-state index in [1.54, 1.807) is 0 Å². The predicted octanol–water partition coefficient (Wildman–Crippen LogP) is 0.232. The van der Waals surface area contributed by atoms with Gasteiger partial charge in [-0.05, 0) is 26.8 Å². The number of rotatable bonds is 1. The standard InChI is InChI=1S/C11H20N2O2/c1-8-6-15-7-9(2)13(8)11(14)10-3-4-12-5-10/h8-10,12H,3-7H2,1-2H3. The Kier molecular flexibility index (Phi) is 3.26. The minimum absolute atomic E-state index is 0.188. The molecule has 2 saturated heterocycles. The third kappa shape index (κ3) is 2.16. The quantitative estimate of drug-likeness (QED) is 0.676. The Hall–Kier alpha value is -0.610. The fraction of sp³-hybridized carbons (Fsp3) is 0.909. The maximum Gasteiger partial charge on any atom is 0.227 e. The van der Waals surface area contributed by atoms with Gasteiger partial charge in [-0.1, -0.05) is 0 Å². The minimum Gasteiger partial charge on any atom is -0.377 e. The number of nitrogens with zero attached hydrogens (tertiary/aromatic N) is 1. The molecule has 0 aromatic carbocycles. The highest BCUT2D eigenvalue weighted by Crippen LogP contribution is 2.19. The SMILES string of the molecule is CC1COCC(C)N1C(=O)C1CCNC1. The van der Waals surface area contributed by atoms with E-state index in [1.807, 2.05) is 4.90 Å². The Morgan fingerprint density at radius 3 is 2.53 bits per heavy atom. The van der Waals surface area contributed by atoms with Crippen molar-refractivity contribution in [2.24, 2.45) is 5.92 Å². The van der Waals surface area contributed by atoms with E-state index in [0.29, 0.717) is 19.1 Å². The van der Waals surface area contributed by atoms with Crippen LogP contribution in [-0.2, 0) is 9.53 Å². The topological polar surface area (TPSA) is 41.6 Å². The number of carbonyl (C=O) groups excluding carboxylic acids is 1. The molecule has 0 bridgehead atoms. The van der Waals surface area contributed by atoms with Gasteiger partial charge in [-0.3, -0.25) is 4.79 Å². The van der Waals surface area contributed by atoms with Gasteiger partial charge in [0, 0.05) is 6.54 Å². The molecule has 4 heteroatoms. The van der Waals surface area contributed by atoms with Gasteiger partial charge >= 0.3 is 0 Å². The molecule has 1 N–H and O–H groups in total. The number of ether oxygens (including phenoxy) is 1. The lowest BCUT2D eigenvalue weighted by molar-refractivity contribution is -0.147. The third-order valence-corrected chi connectivity index (χ3v) is 3.33. The molecule has 0 aliphatic carbocycles. The van der Waals surface area contributed by atoms with E-state index in [4.69, 9.17) is 4.74 Å². The second-order valence-electron chi connectivity index (χ2n) is 4.67. The summed E-state index contributed by atoms with van der Waals surface area (Å²) in [6.45, 7) is 7.30. The summed E-state index contributed by atoms with van der Waals surface area (Å²) in [5.41, 5.74) is 0. The van der Waals surface area contributed by atoms with Crippen molar-refractivity contribution in [2.45, 2.75) is 32.4 Å². The summed E-state index contributed by atoms with van der Waals surface area (Å²) in [5, 5.41) is 3.24. The number of hydrogen-bond acceptors (Lipinski definition) is 3. The zero-order valence-electron chi connectivity index (χ0n) is 9.53. The molecule has 0 radical (unpaired) electrons. The van der Waals surface area contributed by atoms with Crippen molar-refractivity contribution in [2.75, 3.05) is 26.3 Å². The van der Waals surface area contributed by atoms with Crippen LogP contribution in [0.25, 0.3) is 0 Å². The van der Waals surface area contributed by atoms with Crippen molar-refractivity contribution in [3.63, 3.8) is 0 Å². The largest absolute Gasteiger partial charge is 0.377 e. The molecule has 86 valence electrons. The van der Waals surface area contributed by atoms with E-state index < -0.39 is 0 Å². The Balaban J connectivity index is 2.02. The highest BCUT2D eigenvalue weighted by atomic mass is 16.5. The maximum atomic E-state index is 12.3. The van der Waals surface area contributed by atoms with Crippen LogP contribution in [0.1, 0.15) is 20.3 Å². The molecule has 1 amide bonds. The summed E-state index contributed by atoms with van der Waals surface area (Å²) in [4.78, 5) is 14.3. The first-order valence-corrected chi connectivity index (χ1v) is 5.80. The van der Waals surface area contributed by atoms with Crippen molar-refractivity contribution >= 4 is 5.91 Å². The number of nitrogens with one attached hydrogen (secondary N) is 1. The fourth-order valence-electron chi connectivity index (χ4n) is 2.51. The Bertz CT molecular complexity index is 229. The van der Waals surface area contributed by atoms with E-state index in [0.717, 1.165) is 19.5 Å². The van der Waals surface area contributed by atoms with Crippen LogP contribution in [-0.4, -0.2) is 49.2 Å². The normalized spacial score (nSPS) is 36.9. The molecule has 0 spiro atoms. The molecule has 0 aromatic heterocycles. The van der Waals surface area contributed by atoms with Gasteiger partial charge in [-0.25, -0.2) is 0 Å². The van der Waals surface area contributed by atoms with Crippen molar-refractivity contribution in [1.82, 2.24) is 10.2 Å². The van der Waals surface area contributed by atoms with Crippen molar-refractivity contribution in [3.8, 4) is 0 Å². The summed E-state index contributed by atoms with van der Waals surface area (Å²) in [5.74, 6) is 0.497. The average molecular weight is 212 g/mol. The van der Waals surface area contributed by atoms with Crippen LogP contribution in [0.15, 0.2) is 0 Å². The Labute approximate surface area is 91.0 Å². The number of hydrogen-bond donors (Lipinski definition) is 1. The van der Waals surface area contributed by atoms with Gasteiger partial charge in [-0.2, -0.15) is 0 Å². The van der Waals surface area contributed by atoms with Crippen LogP contribution in [0, 0.1) is 5.92 Å². The molecule has 2 fully saturated rings. The minimum atomic E-state index is 0.188. The highest BCUT2D eigenvalue weighted by molar-refractivity contribution is 5.80. The highest BCUT2D eigenvalue weighted by Gasteiger charge is 2.34. The molecular weight excluding hydrogens is 192 g/mol. The zero-order valence-corrected chi connectivity index (χ0v) is 9.53. The Morgan fingerprint density at radius 1 is 1.33 bits per heavy atom. The van der Waals surface area contributed by atoms with Crippen molar-refractivity contribution in [1.29, 1.82) is 0 Å². The summed E-state index contributed by atoms with van der Waals surface area (Å²) in [6, 6.07) is 0.448. The van der Waals surface area contributed by atoms with Gasteiger partial charge in [0.1, 0.15) is 0 Å². The van der Waals surface area contributed by atoms with E-state index in [1.165, 1.54) is 0 Å². The molecule has 2 aliphatic rings. The smallest absolute Gasteiger partial charge is 0.227 e. The lowest BCUT2D eigenvalue weighted by Crippen LogP contribution is -2.54. The van der Waals surface area contributed by atoms with Crippen LogP contribution in [0.5, 0.6) is 0 Å². The monoisotopic (exact) mass is 212 g/mol. The van der Waals surface area contributed by atoms with Crippen LogP contribution >= 0.6 is 0 Å². The summed E-state index contributed by atoms with van der Waals surface area (Å²) < 4.78 is 5.43. The lowest BCUT2D eigenvalue weighted by atomic mass is 10.0. The van der Waals surface area contributed by atoms with Crippen LogP contribution in [0.3, 0.4) is 0 Å². The summed E-state index contributed by atoms with van der Waals surface area (Å²) >= 11 is 0. The van der Waals surface area contributed by atoms with Crippen molar-refractivity contribution < 1.29 is 9.53 Å². The molecule has 2 heterocycles. The first-order valence-electron chi connectivity index (χ1n) is 5.80. The summed E-state index contributed by atoms with van der Waals surface area (Å²) in [7, 11) is 0. The van der Waals surface area contributed by atoms with Crippen molar-refractivity contribution in [3.05, 3.63) is 0 Å². The molecule has 15 heavy (non-hydrogen) atoms.